The van der Waals surface area contributed by atoms with Crippen molar-refractivity contribution in [2.24, 2.45) is 17.4 Å². The molecule has 1 aliphatic carbocycles. The van der Waals surface area contributed by atoms with Crippen molar-refractivity contribution < 1.29 is 19.1 Å². The molecular weight excluding hydrogens is 432 g/mol. The number of hydrogen-bond donors (Lipinski definition) is 4. The minimum Gasteiger partial charge on any atom is -0.449 e. The van der Waals surface area contributed by atoms with Crippen LogP contribution < -0.4 is 22.1 Å². The van der Waals surface area contributed by atoms with Crippen molar-refractivity contribution in [1.82, 2.24) is 10.6 Å². The van der Waals surface area contributed by atoms with Gasteiger partial charge >= 0.3 is 6.09 Å². The van der Waals surface area contributed by atoms with E-state index < -0.39 is 30.0 Å². The molecule has 2 atom stereocenters. The molecule has 0 spiro atoms. The third-order valence-corrected chi connectivity index (χ3v) is 6.07. The highest BCUT2D eigenvalue weighted by atomic mass is 16.5. The molecule has 34 heavy (non-hydrogen) atoms. The molecule has 8 nitrogen and oxygen atoms in total. The second-order valence-electron chi connectivity index (χ2n) is 9.16. The summed E-state index contributed by atoms with van der Waals surface area (Å²) in [4.78, 5) is 35.7. The summed E-state index contributed by atoms with van der Waals surface area (Å²) in [6.07, 6.45) is 0.404. The van der Waals surface area contributed by atoms with E-state index in [1.54, 1.807) is 0 Å². The molecule has 3 rings (SSSR count). The van der Waals surface area contributed by atoms with Gasteiger partial charge in [-0.25, -0.2) is 4.79 Å². The van der Waals surface area contributed by atoms with Gasteiger partial charge in [0.25, 0.3) is 0 Å². The Morgan fingerprint density at radius 1 is 0.971 bits per heavy atom. The molecule has 8 heteroatoms. The Hall–Kier alpha value is -3.39. The molecule has 6 N–H and O–H groups in total. The number of hydrogen-bond acceptors (Lipinski definition) is 5. The van der Waals surface area contributed by atoms with Gasteiger partial charge in [-0.15, -0.1) is 0 Å². The minimum atomic E-state index is -0.586. The first-order valence-electron chi connectivity index (χ1n) is 11.7. The van der Waals surface area contributed by atoms with Crippen molar-refractivity contribution in [2.45, 2.75) is 51.1 Å². The number of nitrogens with two attached hydrogens (primary N) is 2. The highest BCUT2D eigenvalue weighted by Crippen LogP contribution is 2.44. The second-order valence-corrected chi connectivity index (χ2v) is 9.16. The molecule has 0 heterocycles. The lowest BCUT2D eigenvalue weighted by atomic mass is 9.98. The molecular formula is C26H34N4O4. The van der Waals surface area contributed by atoms with Crippen molar-refractivity contribution in [3.8, 4) is 11.1 Å². The summed E-state index contributed by atoms with van der Waals surface area (Å²) in [6, 6.07) is 15.3. The molecule has 0 aliphatic heterocycles. The van der Waals surface area contributed by atoms with Gasteiger partial charge < -0.3 is 26.8 Å². The Labute approximate surface area is 200 Å². The van der Waals surface area contributed by atoms with Crippen LogP contribution in [-0.2, 0) is 14.3 Å². The van der Waals surface area contributed by atoms with Gasteiger partial charge in [0.15, 0.2) is 0 Å². The van der Waals surface area contributed by atoms with Crippen LogP contribution in [0.4, 0.5) is 4.79 Å². The molecule has 182 valence electrons. The number of amides is 3. The summed E-state index contributed by atoms with van der Waals surface area (Å²) in [5, 5.41) is 5.91. The quantitative estimate of drug-likeness (QED) is 0.381. The van der Waals surface area contributed by atoms with E-state index in [0.29, 0.717) is 12.8 Å². The molecule has 2 aromatic carbocycles. The fourth-order valence-electron chi connectivity index (χ4n) is 4.40. The summed E-state index contributed by atoms with van der Waals surface area (Å²) in [7, 11) is 0. The van der Waals surface area contributed by atoms with Gasteiger partial charge in [0.1, 0.15) is 6.61 Å². The maximum atomic E-state index is 12.7. The number of benzene rings is 2. The summed E-state index contributed by atoms with van der Waals surface area (Å²) in [5.74, 6) is -0.703. The first-order valence-corrected chi connectivity index (χ1v) is 11.7. The molecule has 2 aromatic rings. The van der Waals surface area contributed by atoms with Crippen LogP contribution in [0.25, 0.3) is 11.1 Å². The van der Waals surface area contributed by atoms with Crippen LogP contribution >= 0.6 is 0 Å². The van der Waals surface area contributed by atoms with Crippen LogP contribution in [0.1, 0.15) is 50.2 Å². The molecule has 0 fully saturated rings. The summed E-state index contributed by atoms with van der Waals surface area (Å²) >= 11 is 0. The standard InChI is InChI=1S/C26H34N4O4/c1-16(2)13-23(25(28)32)29-14-17(11-12-24(27)31)30-26(33)34-15-22-20-9-5-3-7-18(20)19-8-4-6-10-21(19)22/h3-10,16-17,22-23,29H,11-15H2,1-2H3,(H2,27,31)(H2,28,32)(H,30,33)/t17-,23-/m0/s1. The van der Waals surface area contributed by atoms with E-state index in [0.717, 1.165) is 22.3 Å². The Bertz CT molecular complexity index is 978. The van der Waals surface area contributed by atoms with Crippen LogP contribution in [0, 0.1) is 5.92 Å². The third kappa shape index (κ3) is 6.57. The highest BCUT2D eigenvalue weighted by Gasteiger charge is 2.29. The van der Waals surface area contributed by atoms with Crippen LogP contribution in [0.5, 0.6) is 0 Å². The predicted octanol–water partition coefficient (Wildman–Crippen LogP) is 2.65. The van der Waals surface area contributed by atoms with Crippen molar-refractivity contribution in [2.75, 3.05) is 13.2 Å². The van der Waals surface area contributed by atoms with Gasteiger partial charge in [0.2, 0.25) is 11.8 Å². The van der Waals surface area contributed by atoms with Crippen molar-refractivity contribution in [3.63, 3.8) is 0 Å². The zero-order valence-corrected chi connectivity index (χ0v) is 19.8. The highest BCUT2D eigenvalue weighted by molar-refractivity contribution is 5.80. The van der Waals surface area contributed by atoms with Crippen molar-refractivity contribution in [1.29, 1.82) is 0 Å². The number of nitrogens with one attached hydrogen (secondary N) is 2. The normalized spacial score (nSPS) is 14.2. The molecule has 0 aromatic heterocycles. The van der Waals surface area contributed by atoms with Gasteiger partial charge in [-0.05, 0) is 41.0 Å². The minimum absolute atomic E-state index is 0.0503. The van der Waals surface area contributed by atoms with Crippen molar-refractivity contribution in [3.05, 3.63) is 59.7 Å². The summed E-state index contributed by atoms with van der Waals surface area (Å²) < 4.78 is 5.61. The summed E-state index contributed by atoms with van der Waals surface area (Å²) in [6.45, 7) is 4.44. The average Bonchev–Trinajstić information content (AvgIpc) is 3.11. The Morgan fingerprint density at radius 2 is 1.56 bits per heavy atom. The average molecular weight is 467 g/mol. The lowest BCUT2D eigenvalue weighted by molar-refractivity contribution is -0.120. The van der Waals surface area contributed by atoms with E-state index in [4.69, 9.17) is 16.2 Å². The fourth-order valence-corrected chi connectivity index (χ4v) is 4.40. The molecule has 0 unspecified atom stereocenters. The molecule has 1 aliphatic rings. The molecule has 0 bridgehead atoms. The number of rotatable bonds is 12. The Kier molecular flexibility index (Phi) is 8.65. The van der Waals surface area contributed by atoms with Gasteiger partial charge in [-0.3, -0.25) is 9.59 Å². The van der Waals surface area contributed by atoms with E-state index in [2.05, 4.69) is 34.9 Å². The first kappa shape index (κ1) is 25.2. The van der Waals surface area contributed by atoms with Gasteiger partial charge in [0.05, 0.1) is 6.04 Å². The monoisotopic (exact) mass is 466 g/mol. The third-order valence-electron chi connectivity index (χ3n) is 6.07. The van der Waals surface area contributed by atoms with Gasteiger partial charge in [-0.2, -0.15) is 0 Å². The fraction of sp³-hybridized carbons (Fsp3) is 0.423. The molecule has 3 amide bonds. The lowest BCUT2D eigenvalue weighted by Crippen LogP contribution is -2.49. The number of carbonyl (C=O) groups excluding carboxylic acids is 3. The van der Waals surface area contributed by atoms with Gasteiger partial charge in [0, 0.05) is 24.9 Å². The maximum Gasteiger partial charge on any atom is 0.407 e. The molecule has 0 radical (unpaired) electrons. The predicted molar refractivity (Wildman–Crippen MR) is 131 cm³/mol. The van der Waals surface area contributed by atoms with Crippen LogP contribution in [0.3, 0.4) is 0 Å². The first-order chi connectivity index (χ1) is 16.3. The second kappa shape index (κ2) is 11.7. The van der Waals surface area contributed by atoms with Crippen molar-refractivity contribution >= 4 is 17.9 Å². The van der Waals surface area contributed by atoms with E-state index in [9.17, 15) is 14.4 Å². The molecule has 0 saturated heterocycles. The van der Waals surface area contributed by atoms with Gasteiger partial charge in [-0.1, -0.05) is 62.4 Å². The molecule has 0 saturated carbocycles. The van der Waals surface area contributed by atoms with Crippen LogP contribution in [0.2, 0.25) is 0 Å². The number of carbonyl (C=O) groups is 3. The van der Waals surface area contributed by atoms with Crippen LogP contribution in [0.15, 0.2) is 48.5 Å². The lowest BCUT2D eigenvalue weighted by Gasteiger charge is -2.23. The zero-order valence-electron chi connectivity index (χ0n) is 19.8. The number of alkyl carbamates (subject to hydrolysis) is 1. The zero-order chi connectivity index (χ0) is 24.7. The maximum absolute atomic E-state index is 12.7. The SMILES string of the molecule is CC(C)C[C@H](NC[C@H](CCC(N)=O)NC(=O)OCC1c2ccccc2-c2ccccc21)C(N)=O. The smallest absolute Gasteiger partial charge is 0.407 e. The number of primary amides is 2. The van der Waals surface area contributed by atoms with E-state index in [1.165, 1.54) is 0 Å². The number of fused-ring (bicyclic) bond motifs is 3. The Morgan fingerprint density at radius 3 is 2.09 bits per heavy atom. The largest absolute Gasteiger partial charge is 0.449 e. The van der Waals surface area contributed by atoms with E-state index in [-0.39, 0.29) is 31.4 Å². The summed E-state index contributed by atoms with van der Waals surface area (Å²) in [5.41, 5.74) is 15.4. The number of ether oxygens (including phenoxy) is 1. The topological polar surface area (TPSA) is 137 Å². The van der Waals surface area contributed by atoms with Crippen LogP contribution in [-0.4, -0.2) is 43.1 Å². The van der Waals surface area contributed by atoms with E-state index in [1.807, 2.05) is 38.1 Å². The van der Waals surface area contributed by atoms with E-state index >= 15 is 0 Å². The Balaban J connectivity index is 1.62.